The third-order valence-corrected chi connectivity index (χ3v) is 7.91. The van der Waals surface area contributed by atoms with Gasteiger partial charge in [-0.2, -0.15) is 0 Å². The molecular formula is C33H54N4O12. The third kappa shape index (κ3) is 18.3. The quantitative estimate of drug-likeness (QED) is 0.127. The van der Waals surface area contributed by atoms with E-state index >= 15 is 0 Å². The van der Waals surface area contributed by atoms with Crippen LogP contribution < -0.4 is 4.74 Å². The van der Waals surface area contributed by atoms with Crippen molar-refractivity contribution in [1.29, 1.82) is 0 Å². The van der Waals surface area contributed by atoms with Crippen LogP contribution in [0.1, 0.15) is 12.5 Å². The molecule has 278 valence electrons. The highest BCUT2D eigenvalue weighted by molar-refractivity contribution is 5.74. The van der Waals surface area contributed by atoms with Crippen molar-refractivity contribution < 1.29 is 57.8 Å². The van der Waals surface area contributed by atoms with Crippen LogP contribution in [0.2, 0.25) is 0 Å². The molecule has 1 aromatic carbocycles. The van der Waals surface area contributed by atoms with Crippen LogP contribution in [0, 0.1) is 0 Å². The van der Waals surface area contributed by atoms with Gasteiger partial charge in [0.2, 0.25) is 0 Å². The van der Waals surface area contributed by atoms with E-state index in [2.05, 4.69) is 0 Å². The fourth-order valence-electron chi connectivity index (χ4n) is 5.14. The van der Waals surface area contributed by atoms with Crippen LogP contribution in [0.25, 0.3) is 0 Å². The second-order valence-corrected chi connectivity index (χ2v) is 11.4. The van der Waals surface area contributed by atoms with E-state index in [1.165, 1.54) is 14.2 Å². The first kappa shape index (κ1) is 41.8. The van der Waals surface area contributed by atoms with E-state index in [9.17, 15) is 29.4 Å². The zero-order valence-corrected chi connectivity index (χ0v) is 29.1. The molecule has 0 aromatic heterocycles. The van der Waals surface area contributed by atoms with Gasteiger partial charge in [0.15, 0.2) is 0 Å². The molecule has 0 aliphatic carbocycles. The molecule has 0 saturated carbocycles. The van der Waals surface area contributed by atoms with Gasteiger partial charge >= 0.3 is 23.9 Å². The predicted molar refractivity (Wildman–Crippen MR) is 178 cm³/mol. The smallest absolute Gasteiger partial charge is 0.321 e. The van der Waals surface area contributed by atoms with E-state index in [-0.39, 0.29) is 39.1 Å². The largest absolute Gasteiger partial charge is 0.491 e. The van der Waals surface area contributed by atoms with Crippen molar-refractivity contribution in [3.63, 3.8) is 0 Å². The summed E-state index contributed by atoms with van der Waals surface area (Å²) in [6.07, 6.45) is 0.199. The SMILES string of the molecule is CCOCCOCCOCCOc1ccc(CC(C(=O)O)N2CCN(CC(=O)O)CCN(CC(=O)OC)CCN(CC(=O)OC)CC2)cc1. The third-order valence-electron chi connectivity index (χ3n) is 7.91. The highest BCUT2D eigenvalue weighted by Crippen LogP contribution is 2.16. The Bertz CT molecular complexity index is 1110. The molecule has 2 N–H and O–H groups in total. The molecular weight excluding hydrogens is 644 g/mol. The zero-order chi connectivity index (χ0) is 35.9. The predicted octanol–water partition coefficient (Wildman–Crippen LogP) is -0.217. The van der Waals surface area contributed by atoms with Crippen molar-refractivity contribution >= 4 is 23.9 Å². The normalized spacial score (nSPS) is 16.6. The molecule has 1 aromatic rings. The Kier molecular flexibility index (Phi) is 21.1. The molecule has 16 nitrogen and oxygen atoms in total. The van der Waals surface area contributed by atoms with Crippen molar-refractivity contribution in [2.75, 3.05) is 132 Å². The first-order chi connectivity index (χ1) is 23.6. The molecule has 1 aliphatic heterocycles. The number of carbonyl (C=O) groups excluding carboxylic acids is 2. The molecule has 0 radical (unpaired) electrons. The van der Waals surface area contributed by atoms with Crippen molar-refractivity contribution in [3.05, 3.63) is 29.8 Å². The average Bonchev–Trinajstić information content (AvgIpc) is 3.08. The maximum absolute atomic E-state index is 12.7. The fraction of sp³-hybridized carbons (Fsp3) is 0.697. The summed E-state index contributed by atoms with van der Waals surface area (Å²) < 4.78 is 31.6. The second-order valence-electron chi connectivity index (χ2n) is 11.4. The Hall–Kier alpha value is -3.38. The Balaban J connectivity index is 2.07. The number of carboxylic acid groups (broad SMARTS) is 2. The lowest BCUT2D eigenvalue weighted by Gasteiger charge is -2.35. The lowest BCUT2D eigenvalue weighted by Crippen LogP contribution is -2.52. The van der Waals surface area contributed by atoms with Crippen LogP contribution in [0.3, 0.4) is 0 Å². The van der Waals surface area contributed by atoms with Crippen LogP contribution >= 0.6 is 0 Å². The van der Waals surface area contributed by atoms with Gasteiger partial charge in [-0.1, -0.05) is 12.1 Å². The minimum absolute atomic E-state index is 0.00592. The summed E-state index contributed by atoms with van der Waals surface area (Å²) in [6, 6.07) is 6.31. The lowest BCUT2D eigenvalue weighted by molar-refractivity contribution is -0.145. The first-order valence-electron chi connectivity index (χ1n) is 16.6. The number of methoxy groups -OCH3 is 2. The molecule has 1 aliphatic rings. The molecule has 1 fully saturated rings. The molecule has 1 heterocycles. The Morgan fingerprint density at radius 3 is 1.55 bits per heavy atom. The highest BCUT2D eigenvalue weighted by Gasteiger charge is 2.28. The molecule has 1 atom stereocenters. The minimum atomic E-state index is -1.01. The molecule has 0 bridgehead atoms. The van der Waals surface area contributed by atoms with Gasteiger partial charge in [-0.15, -0.1) is 0 Å². The number of benzene rings is 1. The molecule has 16 heteroatoms. The number of rotatable bonds is 21. The standard InChI is InChI=1S/C33H54N4O12/c1-4-46-17-18-47-19-20-48-21-22-49-28-7-5-27(6-8-28)23-29(33(42)43)37-15-13-34(24-30(38)39)9-10-35(25-31(40)44-2)11-12-36(14-16-37)26-32(41)45-3/h5-8,29H,4,9-26H2,1-3H3,(H,38,39)(H,42,43). The maximum Gasteiger partial charge on any atom is 0.321 e. The molecule has 49 heavy (non-hydrogen) atoms. The van der Waals surface area contributed by atoms with E-state index in [1.54, 1.807) is 17.0 Å². The lowest BCUT2D eigenvalue weighted by atomic mass is 10.0. The van der Waals surface area contributed by atoms with Gasteiger partial charge < -0.3 is 38.6 Å². The van der Waals surface area contributed by atoms with E-state index in [0.29, 0.717) is 91.3 Å². The summed E-state index contributed by atoms with van der Waals surface area (Å²) in [5.74, 6) is -2.25. The first-order valence-corrected chi connectivity index (χ1v) is 16.6. The van der Waals surface area contributed by atoms with Crippen molar-refractivity contribution in [3.8, 4) is 5.75 Å². The van der Waals surface area contributed by atoms with Gasteiger partial charge in [-0.05, 0) is 31.0 Å². The van der Waals surface area contributed by atoms with Crippen LogP contribution in [0.15, 0.2) is 24.3 Å². The maximum atomic E-state index is 12.7. The van der Waals surface area contributed by atoms with E-state index < -0.39 is 29.9 Å². The van der Waals surface area contributed by atoms with Crippen molar-refractivity contribution in [2.45, 2.75) is 19.4 Å². The number of nitrogens with zero attached hydrogens (tertiary/aromatic N) is 4. The Morgan fingerprint density at radius 1 is 0.653 bits per heavy atom. The topological polar surface area (TPSA) is 177 Å². The molecule has 0 spiro atoms. The molecule has 0 amide bonds. The highest BCUT2D eigenvalue weighted by atomic mass is 16.6. The van der Waals surface area contributed by atoms with E-state index in [0.717, 1.165) is 5.56 Å². The average molecular weight is 699 g/mol. The summed E-state index contributed by atoms with van der Waals surface area (Å²) in [6.45, 7) is 7.80. The van der Waals surface area contributed by atoms with Crippen LogP contribution in [0.4, 0.5) is 0 Å². The van der Waals surface area contributed by atoms with Gasteiger partial charge in [0.05, 0.1) is 66.9 Å². The monoisotopic (exact) mass is 698 g/mol. The number of hydrogen-bond acceptors (Lipinski definition) is 14. The number of hydrogen-bond donors (Lipinski definition) is 2. The van der Waals surface area contributed by atoms with E-state index in [4.69, 9.17) is 28.4 Å². The van der Waals surface area contributed by atoms with Crippen molar-refractivity contribution in [2.24, 2.45) is 0 Å². The minimum Gasteiger partial charge on any atom is -0.491 e. The van der Waals surface area contributed by atoms with Gasteiger partial charge in [0.1, 0.15) is 18.4 Å². The van der Waals surface area contributed by atoms with Gasteiger partial charge in [0.25, 0.3) is 0 Å². The van der Waals surface area contributed by atoms with Crippen molar-refractivity contribution in [1.82, 2.24) is 19.6 Å². The zero-order valence-electron chi connectivity index (χ0n) is 29.1. The summed E-state index contributed by atoms with van der Waals surface area (Å²) >= 11 is 0. The van der Waals surface area contributed by atoms with E-state index in [1.807, 2.05) is 33.8 Å². The number of aliphatic carboxylic acids is 2. The fourth-order valence-corrected chi connectivity index (χ4v) is 5.14. The number of carbonyl (C=O) groups is 4. The molecule has 1 saturated heterocycles. The number of esters is 2. The summed E-state index contributed by atoms with van der Waals surface area (Å²) in [4.78, 5) is 55.9. The van der Waals surface area contributed by atoms with Crippen LogP contribution in [0.5, 0.6) is 5.75 Å². The second kappa shape index (κ2) is 24.7. The number of carboxylic acids is 2. The number of ether oxygens (including phenoxy) is 6. The molecule has 1 unspecified atom stereocenters. The van der Waals surface area contributed by atoms with Gasteiger partial charge in [0, 0.05) is 59.0 Å². The van der Waals surface area contributed by atoms with Gasteiger partial charge in [-0.25, -0.2) is 0 Å². The summed E-state index contributed by atoms with van der Waals surface area (Å²) in [7, 11) is 2.61. The Labute approximate surface area is 288 Å². The van der Waals surface area contributed by atoms with Crippen LogP contribution in [-0.2, 0) is 49.3 Å². The summed E-state index contributed by atoms with van der Waals surface area (Å²) in [5, 5.41) is 19.9. The Morgan fingerprint density at radius 2 is 1.10 bits per heavy atom. The van der Waals surface area contributed by atoms with Gasteiger partial charge in [-0.3, -0.25) is 38.8 Å². The summed E-state index contributed by atoms with van der Waals surface area (Å²) in [5.41, 5.74) is 0.790. The molecule has 2 rings (SSSR count). The van der Waals surface area contributed by atoms with Crippen LogP contribution in [-0.4, -0.2) is 192 Å².